The molecule has 1 aliphatic rings. The predicted molar refractivity (Wildman–Crippen MR) is 46.9 cm³/mol. The minimum atomic E-state index is -0.844. The van der Waals surface area contributed by atoms with Crippen LogP contribution in [0, 0.1) is 11.3 Å². The van der Waals surface area contributed by atoms with E-state index in [2.05, 4.69) is 15.2 Å². The largest absolute Gasteiger partial charge is 0.481 e. The van der Waals surface area contributed by atoms with E-state index in [1.54, 1.807) is 0 Å². The summed E-state index contributed by atoms with van der Waals surface area (Å²) >= 11 is 0. The van der Waals surface area contributed by atoms with Gasteiger partial charge in [-0.1, -0.05) is 13.8 Å². The first-order chi connectivity index (χ1) is 6.44. The Morgan fingerprint density at radius 1 is 1.57 bits per heavy atom. The minimum absolute atomic E-state index is 0.195. The van der Waals surface area contributed by atoms with Crippen LogP contribution in [0.3, 0.4) is 0 Å². The molecule has 0 amide bonds. The number of H-pyrrole nitrogens is 2. The molecule has 1 aliphatic carbocycles. The van der Waals surface area contributed by atoms with Gasteiger partial charge in [-0.15, -0.1) is 0 Å². The van der Waals surface area contributed by atoms with Gasteiger partial charge in [0.15, 0.2) is 0 Å². The molecule has 6 nitrogen and oxygen atoms in total. The van der Waals surface area contributed by atoms with Gasteiger partial charge in [-0.2, -0.15) is 5.10 Å². The molecular weight excluding hydrogens is 186 g/mol. The summed E-state index contributed by atoms with van der Waals surface area (Å²) in [5.74, 6) is -1.06. The molecule has 0 radical (unpaired) electrons. The maximum atomic E-state index is 10.8. The highest BCUT2D eigenvalue weighted by molar-refractivity contribution is 5.77. The third-order valence-corrected chi connectivity index (χ3v) is 2.91. The fourth-order valence-corrected chi connectivity index (χ4v) is 2.04. The second kappa shape index (κ2) is 2.46. The van der Waals surface area contributed by atoms with Gasteiger partial charge in [-0.25, -0.2) is 9.89 Å². The first-order valence-electron chi connectivity index (χ1n) is 4.32. The van der Waals surface area contributed by atoms with Crippen molar-refractivity contribution in [3.05, 3.63) is 16.3 Å². The summed E-state index contributed by atoms with van der Waals surface area (Å²) in [6.07, 6.45) is 0. The zero-order valence-corrected chi connectivity index (χ0v) is 7.87. The topological polar surface area (TPSA) is 98.8 Å². The van der Waals surface area contributed by atoms with E-state index < -0.39 is 17.6 Å². The van der Waals surface area contributed by atoms with E-state index >= 15 is 0 Å². The zero-order chi connectivity index (χ0) is 10.5. The third kappa shape index (κ3) is 1.07. The number of carbonyl (C=O) groups is 1. The monoisotopic (exact) mass is 197 g/mol. The first-order valence-corrected chi connectivity index (χ1v) is 4.32. The van der Waals surface area contributed by atoms with Gasteiger partial charge in [-0.3, -0.25) is 9.78 Å². The van der Waals surface area contributed by atoms with Gasteiger partial charge < -0.3 is 5.11 Å². The highest BCUT2D eigenvalue weighted by Gasteiger charge is 2.64. The number of carboxylic acid groups (broad SMARTS) is 1. The molecule has 2 unspecified atom stereocenters. The van der Waals surface area contributed by atoms with E-state index in [1.807, 2.05) is 13.8 Å². The molecule has 0 bridgehead atoms. The molecule has 76 valence electrons. The average molecular weight is 197 g/mol. The van der Waals surface area contributed by atoms with Crippen LogP contribution in [-0.4, -0.2) is 26.3 Å². The fourth-order valence-electron chi connectivity index (χ4n) is 2.04. The first kappa shape index (κ1) is 8.98. The SMILES string of the molecule is CC1(C)C(C(=O)O)C1c1n[nH]c(=O)[nH]1. The molecule has 0 spiro atoms. The zero-order valence-electron chi connectivity index (χ0n) is 7.87. The van der Waals surface area contributed by atoms with Gasteiger partial charge in [0.25, 0.3) is 0 Å². The van der Waals surface area contributed by atoms with Crippen LogP contribution < -0.4 is 5.69 Å². The Morgan fingerprint density at radius 2 is 2.21 bits per heavy atom. The molecule has 1 heterocycles. The highest BCUT2D eigenvalue weighted by Crippen LogP contribution is 2.63. The van der Waals surface area contributed by atoms with Crippen molar-refractivity contribution in [1.82, 2.24) is 15.2 Å². The number of rotatable bonds is 2. The van der Waals surface area contributed by atoms with Gasteiger partial charge in [0.2, 0.25) is 0 Å². The number of hydrogen-bond donors (Lipinski definition) is 3. The average Bonchev–Trinajstić information content (AvgIpc) is 2.42. The second-order valence-corrected chi connectivity index (χ2v) is 4.18. The molecule has 2 rings (SSSR count). The number of aromatic amines is 2. The Kier molecular flexibility index (Phi) is 1.58. The fraction of sp³-hybridized carbons (Fsp3) is 0.625. The van der Waals surface area contributed by atoms with Crippen LogP contribution in [0.15, 0.2) is 4.79 Å². The van der Waals surface area contributed by atoms with E-state index in [4.69, 9.17) is 5.11 Å². The van der Waals surface area contributed by atoms with E-state index in [-0.39, 0.29) is 11.3 Å². The summed E-state index contributed by atoms with van der Waals surface area (Å²) in [4.78, 5) is 24.1. The van der Waals surface area contributed by atoms with Crippen molar-refractivity contribution < 1.29 is 9.90 Å². The second-order valence-electron chi connectivity index (χ2n) is 4.18. The molecule has 14 heavy (non-hydrogen) atoms. The van der Waals surface area contributed by atoms with Crippen LogP contribution in [0.5, 0.6) is 0 Å². The molecule has 2 atom stereocenters. The van der Waals surface area contributed by atoms with E-state index in [9.17, 15) is 9.59 Å². The van der Waals surface area contributed by atoms with Crippen LogP contribution in [0.1, 0.15) is 25.6 Å². The Hall–Kier alpha value is -1.59. The van der Waals surface area contributed by atoms with Gasteiger partial charge in [0, 0.05) is 5.92 Å². The van der Waals surface area contributed by atoms with Crippen LogP contribution in [0.25, 0.3) is 0 Å². The predicted octanol–water partition coefficient (Wildman–Crippen LogP) is -0.0778. The molecular formula is C8H11N3O3. The summed E-state index contributed by atoms with van der Waals surface area (Å²) in [5, 5.41) is 14.9. The van der Waals surface area contributed by atoms with Gasteiger partial charge in [0.05, 0.1) is 5.92 Å². The lowest BCUT2D eigenvalue weighted by atomic mass is 10.1. The Bertz CT molecular complexity index is 431. The summed E-state index contributed by atoms with van der Waals surface area (Å²) in [6, 6.07) is 0. The van der Waals surface area contributed by atoms with Crippen molar-refractivity contribution in [2.75, 3.05) is 0 Å². The molecule has 0 aromatic carbocycles. The Balaban J connectivity index is 2.31. The van der Waals surface area contributed by atoms with Crippen LogP contribution in [0.4, 0.5) is 0 Å². The molecule has 1 saturated carbocycles. The molecule has 1 fully saturated rings. The lowest BCUT2D eigenvalue weighted by Gasteiger charge is -1.96. The summed E-state index contributed by atoms with van der Waals surface area (Å²) in [5.41, 5.74) is -0.726. The third-order valence-electron chi connectivity index (χ3n) is 2.91. The maximum absolute atomic E-state index is 10.8. The molecule has 0 saturated heterocycles. The van der Waals surface area contributed by atoms with Gasteiger partial charge in [-0.05, 0) is 5.41 Å². The smallest absolute Gasteiger partial charge is 0.340 e. The molecule has 0 aliphatic heterocycles. The van der Waals surface area contributed by atoms with Crippen LogP contribution in [0.2, 0.25) is 0 Å². The van der Waals surface area contributed by atoms with Gasteiger partial charge >= 0.3 is 11.7 Å². The lowest BCUT2D eigenvalue weighted by molar-refractivity contribution is -0.139. The molecule has 6 heteroatoms. The standard InChI is InChI=1S/C8H11N3O3/c1-8(2)3(4(8)6(12)13)5-9-7(14)11-10-5/h3-4H,1-2H3,(H,12,13)(H2,9,10,11,14). The van der Waals surface area contributed by atoms with E-state index in [1.165, 1.54) is 0 Å². The number of hydrogen-bond acceptors (Lipinski definition) is 3. The van der Waals surface area contributed by atoms with Crippen LogP contribution >= 0.6 is 0 Å². The van der Waals surface area contributed by atoms with E-state index in [0.29, 0.717) is 5.82 Å². The van der Waals surface area contributed by atoms with E-state index in [0.717, 1.165) is 0 Å². The number of aromatic nitrogens is 3. The quantitative estimate of drug-likeness (QED) is 0.617. The maximum Gasteiger partial charge on any atom is 0.340 e. The van der Waals surface area contributed by atoms with Gasteiger partial charge in [0.1, 0.15) is 5.82 Å². The molecule has 1 aromatic heterocycles. The normalized spacial score (nSPS) is 28.7. The van der Waals surface area contributed by atoms with Crippen molar-refractivity contribution in [1.29, 1.82) is 0 Å². The number of aliphatic carboxylic acids is 1. The molecule has 3 N–H and O–H groups in total. The summed E-state index contributed by atoms with van der Waals surface area (Å²) < 4.78 is 0. The lowest BCUT2D eigenvalue weighted by Crippen LogP contribution is -2.03. The van der Waals surface area contributed by atoms with Crippen LogP contribution in [-0.2, 0) is 4.79 Å². The van der Waals surface area contributed by atoms with Crippen molar-refractivity contribution in [2.24, 2.45) is 11.3 Å². The summed E-state index contributed by atoms with van der Waals surface area (Å²) in [7, 11) is 0. The van der Waals surface area contributed by atoms with Crippen molar-refractivity contribution in [3.8, 4) is 0 Å². The summed E-state index contributed by atoms with van der Waals surface area (Å²) in [6.45, 7) is 3.70. The Morgan fingerprint density at radius 3 is 2.57 bits per heavy atom. The van der Waals surface area contributed by atoms with Crippen molar-refractivity contribution >= 4 is 5.97 Å². The van der Waals surface area contributed by atoms with Crippen molar-refractivity contribution in [3.63, 3.8) is 0 Å². The van der Waals surface area contributed by atoms with Crippen molar-refractivity contribution in [2.45, 2.75) is 19.8 Å². The number of nitrogens with one attached hydrogen (secondary N) is 2. The number of carboxylic acids is 1. The number of nitrogens with zero attached hydrogens (tertiary/aromatic N) is 1. The highest BCUT2D eigenvalue weighted by atomic mass is 16.4. The molecule has 1 aromatic rings. The minimum Gasteiger partial charge on any atom is -0.481 e. The Labute approximate surface area is 79.3 Å².